The molecular weight excluding hydrogens is 428 g/mol. The molecule has 4 rings (SSSR count). The molecular formula is C20H21ClN4O2S2. The summed E-state index contributed by atoms with van der Waals surface area (Å²) in [5, 5.41) is 1.55. The van der Waals surface area contributed by atoms with Crippen LogP contribution in [0.1, 0.15) is 17.0 Å². The molecule has 0 N–H and O–H groups in total. The molecule has 0 spiro atoms. The van der Waals surface area contributed by atoms with E-state index in [-0.39, 0.29) is 5.75 Å². The Morgan fingerprint density at radius 2 is 1.62 bits per heavy atom. The lowest BCUT2D eigenvalue weighted by molar-refractivity contribution is 0.384. The van der Waals surface area contributed by atoms with Gasteiger partial charge in [0.2, 0.25) is 15.2 Å². The Balaban J connectivity index is 1.35. The Morgan fingerprint density at radius 3 is 2.31 bits per heavy atom. The van der Waals surface area contributed by atoms with Crippen molar-refractivity contribution in [3.8, 4) is 0 Å². The summed E-state index contributed by atoms with van der Waals surface area (Å²) in [7, 11) is -3.32. The Labute approximate surface area is 180 Å². The van der Waals surface area contributed by atoms with E-state index in [4.69, 9.17) is 11.6 Å². The summed E-state index contributed by atoms with van der Waals surface area (Å²) in [5.74, 6) is 0.809. The normalized spacial score (nSPS) is 15.6. The van der Waals surface area contributed by atoms with Gasteiger partial charge in [-0.2, -0.15) is 8.68 Å². The van der Waals surface area contributed by atoms with Crippen molar-refractivity contribution in [3.63, 3.8) is 0 Å². The lowest BCUT2D eigenvalue weighted by Crippen LogP contribution is -2.49. The van der Waals surface area contributed by atoms with Crippen molar-refractivity contribution in [1.82, 2.24) is 13.7 Å². The van der Waals surface area contributed by atoms with Gasteiger partial charge in [-0.3, -0.25) is 0 Å². The van der Waals surface area contributed by atoms with Crippen LogP contribution < -0.4 is 4.90 Å². The van der Waals surface area contributed by atoms with Crippen LogP contribution in [0, 0.1) is 0 Å². The molecule has 6 nitrogen and oxygen atoms in total. The second kappa shape index (κ2) is 8.79. The Bertz CT molecular complexity index is 1050. The van der Waals surface area contributed by atoms with E-state index in [0.717, 1.165) is 22.1 Å². The van der Waals surface area contributed by atoms with Gasteiger partial charge in [-0.1, -0.05) is 54.1 Å². The average Bonchev–Trinajstić information content (AvgIpc) is 3.19. The van der Waals surface area contributed by atoms with Gasteiger partial charge < -0.3 is 4.90 Å². The first-order valence-electron chi connectivity index (χ1n) is 9.33. The minimum absolute atomic E-state index is 0.0396. The fourth-order valence-electron chi connectivity index (χ4n) is 3.26. The lowest BCUT2D eigenvalue weighted by atomic mass is 10.1. The molecule has 3 aromatic rings. The maximum atomic E-state index is 12.7. The second-order valence-electron chi connectivity index (χ2n) is 6.92. The second-order valence-corrected chi connectivity index (χ2v) is 10.1. The predicted molar refractivity (Wildman–Crippen MR) is 117 cm³/mol. The summed E-state index contributed by atoms with van der Waals surface area (Å²) in [6.07, 6.45) is 0.652. The third-order valence-electron chi connectivity index (χ3n) is 4.83. The van der Waals surface area contributed by atoms with E-state index in [1.54, 1.807) is 4.31 Å². The molecule has 0 unspecified atom stereocenters. The highest BCUT2D eigenvalue weighted by Gasteiger charge is 2.28. The van der Waals surface area contributed by atoms with Crippen LogP contribution in [-0.2, 0) is 22.2 Å². The van der Waals surface area contributed by atoms with Crippen LogP contribution in [0.15, 0.2) is 54.6 Å². The maximum absolute atomic E-state index is 12.7. The van der Waals surface area contributed by atoms with Crippen LogP contribution in [0.4, 0.5) is 5.13 Å². The summed E-state index contributed by atoms with van der Waals surface area (Å²) in [6.45, 7) is 2.15. The molecule has 0 radical (unpaired) electrons. The zero-order chi connectivity index (χ0) is 20.3. The first kappa shape index (κ1) is 20.3. The zero-order valence-corrected chi connectivity index (χ0v) is 18.1. The fourth-order valence-corrected chi connectivity index (χ4v) is 5.64. The van der Waals surface area contributed by atoms with E-state index < -0.39 is 10.0 Å². The molecule has 0 atom stereocenters. The summed E-state index contributed by atoms with van der Waals surface area (Å²) in [5.41, 5.74) is 1.92. The average molecular weight is 449 g/mol. The Hall–Kier alpha value is -2.00. The van der Waals surface area contributed by atoms with Crippen LogP contribution in [-0.4, -0.2) is 48.3 Å². The molecule has 1 aliphatic heterocycles. The van der Waals surface area contributed by atoms with Crippen molar-refractivity contribution in [2.24, 2.45) is 0 Å². The van der Waals surface area contributed by atoms with Crippen LogP contribution >= 0.6 is 23.1 Å². The molecule has 29 heavy (non-hydrogen) atoms. The monoisotopic (exact) mass is 448 g/mol. The quantitative estimate of drug-likeness (QED) is 0.578. The summed E-state index contributed by atoms with van der Waals surface area (Å²) in [6, 6.07) is 17.0. The van der Waals surface area contributed by atoms with Crippen LogP contribution in [0.25, 0.3) is 0 Å². The minimum Gasteiger partial charge on any atom is -0.344 e. The van der Waals surface area contributed by atoms with Gasteiger partial charge in [0.15, 0.2) is 0 Å². The number of aromatic nitrogens is 2. The minimum atomic E-state index is -3.32. The van der Waals surface area contributed by atoms with Gasteiger partial charge in [0.25, 0.3) is 0 Å². The van der Waals surface area contributed by atoms with E-state index >= 15 is 0 Å². The number of rotatable bonds is 6. The molecule has 0 aliphatic carbocycles. The van der Waals surface area contributed by atoms with Gasteiger partial charge in [0.1, 0.15) is 5.82 Å². The molecule has 152 valence electrons. The number of benzene rings is 2. The van der Waals surface area contributed by atoms with Crippen molar-refractivity contribution in [1.29, 1.82) is 0 Å². The van der Waals surface area contributed by atoms with Crippen molar-refractivity contribution >= 4 is 38.3 Å². The Kier molecular flexibility index (Phi) is 6.15. The Morgan fingerprint density at radius 1 is 0.931 bits per heavy atom. The largest absolute Gasteiger partial charge is 0.344 e. The van der Waals surface area contributed by atoms with Crippen LogP contribution in [0.3, 0.4) is 0 Å². The zero-order valence-electron chi connectivity index (χ0n) is 15.7. The highest BCUT2D eigenvalue weighted by molar-refractivity contribution is 7.88. The van der Waals surface area contributed by atoms with Gasteiger partial charge >= 0.3 is 0 Å². The van der Waals surface area contributed by atoms with Crippen LogP contribution in [0.2, 0.25) is 5.02 Å². The number of nitrogens with zero attached hydrogens (tertiary/aromatic N) is 4. The van der Waals surface area contributed by atoms with E-state index in [2.05, 4.69) is 14.3 Å². The first-order chi connectivity index (χ1) is 14.0. The van der Waals surface area contributed by atoms with E-state index in [0.29, 0.717) is 37.6 Å². The van der Waals surface area contributed by atoms with Crippen molar-refractivity contribution in [2.45, 2.75) is 12.2 Å². The number of piperazine rings is 1. The number of sulfonamides is 1. The maximum Gasteiger partial charge on any atom is 0.218 e. The summed E-state index contributed by atoms with van der Waals surface area (Å²) in [4.78, 5) is 6.75. The molecule has 2 heterocycles. The molecule has 9 heteroatoms. The molecule has 1 aromatic heterocycles. The lowest BCUT2D eigenvalue weighted by Gasteiger charge is -2.33. The number of hydrogen-bond acceptors (Lipinski definition) is 6. The van der Waals surface area contributed by atoms with E-state index in [1.165, 1.54) is 11.5 Å². The standard InChI is InChI=1S/C20H21ClN4O2S2/c21-18-8-6-16(7-9-18)14-19-22-20(28-23-19)24-10-12-25(13-11-24)29(26,27)15-17-4-2-1-3-5-17/h1-9H,10-15H2. The van der Waals surface area contributed by atoms with Gasteiger partial charge in [0, 0.05) is 49.2 Å². The highest BCUT2D eigenvalue weighted by Crippen LogP contribution is 2.22. The topological polar surface area (TPSA) is 66.4 Å². The molecule has 0 saturated carbocycles. The molecule has 1 saturated heterocycles. The molecule has 0 bridgehead atoms. The van der Waals surface area contributed by atoms with Gasteiger partial charge in [-0.05, 0) is 23.3 Å². The van der Waals surface area contributed by atoms with Crippen molar-refractivity contribution in [2.75, 3.05) is 31.1 Å². The van der Waals surface area contributed by atoms with Crippen molar-refractivity contribution < 1.29 is 8.42 Å². The van der Waals surface area contributed by atoms with Gasteiger partial charge in [-0.15, -0.1) is 0 Å². The molecule has 0 amide bonds. The van der Waals surface area contributed by atoms with Gasteiger partial charge in [-0.25, -0.2) is 13.4 Å². The third kappa shape index (κ3) is 5.14. The number of anilines is 1. The molecule has 2 aromatic carbocycles. The van der Waals surface area contributed by atoms with E-state index in [9.17, 15) is 8.42 Å². The summed E-state index contributed by atoms with van der Waals surface area (Å²) < 4.78 is 31.4. The number of halogens is 1. The summed E-state index contributed by atoms with van der Waals surface area (Å²) >= 11 is 7.29. The van der Waals surface area contributed by atoms with E-state index in [1.807, 2.05) is 54.6 Å². The number of hydrogen-bond donors (Lipinski definition) is 0. The predicted octanol–water partition coefficient (Wildman–Crippen LogP) is 3.43. The third-order valence-corrected chi connectivity index (χ3v) is 7.74. The fraction of sp³-hybridized carbons (Fsp3) is 0.300. The van der Waals surface area contributed by atoms with Crippen LogP contribution in [0.5, 0.6) is 0 Å². The van der Waals surface area contributed by atoms with Gasteiger partial charge in [0.05, 0.1) is 5.75 Å². The highest BCUT2D eigenvalue weighted by atomic mass is 35.5. The molecule has 1 fully saturated rings. The SMILES string of the molecule is O=S(=O)(Cc1ccccc1)N1CCN(c2nc(Cc3ccc(Cl)cc3)ns2)CC1. The molecule has 1 aliphatic rings. The first-order valence-corrected chi connectivity index (χ1v) is 12.1. The smallest absolute Gasteiger partial charge is 0.218 e. The van der Waals surface area contributed by atoms with Crippen molar-refractivity contribution in [3.05, 3.63) is 76.6 Å².